The van der Waals surface area contributed by atoms with Crippen LogP contribution in [0.2, 0.25) is 0 Å². The fourth-order valence-electron chi connectivity index (χ4n) is 2.75. The summed E-state index contributed by atoms with van der Waals surface area (Å²) in [6.07, 6.45) is 1.45. The summed E-state index contributed by atoms with van der Waals surface area (Å²) in [7, 11) is 0. The predicted molar refractivity (Wildman–Crippen MR) is 111 cm³/mol. The van der Waals surface area contributed by atoms with Gasteiger partial charge >= 0.3 is 0 Å². The van der Waals surface area contributed by atoms with Crippen molar-refractivity contribution in [2.45, 2.75) is 11.9 Å². The van der Waals surface area contributed by atoms with Crippen molar-refractivity contribution in [3.8, 4) is 11.4 Å². The molecule has 4 aromatic rings. The molecular formula is C20H18N6O2S. The van der Waals surface area contributed by atoms with Gasteiger partial charge in [0.15, 0.2) is 11.2 Å². The second-order valence-electron chi connectivity index (χ2n) is 5.95. The summed E-state index contributed by atoms with van der Waals surface area (Å²) in [5.41, 5.74) is 2.65. The lowest BCUT2D eigenvalue weighted by atomic mass is 10.3. The van der Waals surface area contributed by atoms with Crippen LogP contribution in [0.1, 0.15) is 6.92 Å². The molecule has 0 spiro atoms. The van der Waals surface area contributed by atoms with Crippen LogP contribution in [-0.2, 0) is 4.79 Å². The molecule has 1 amide bonds. The van der Waals surface area contributed by atoms with E-state index in [1.165, 1.54) is 18.1 Å². The first-order valence-electron chi connectivity index (χ1n) is 9.02. The Bertz CT molecular complexity index is 1130. The van der Waals surface area contributed by atoms with Crippen molar-refractivity contribution in [2.24, 2.45) is 0 Å². The molecule has 8 nitrogen and oxygen atoms in total. The van der Waals surface area contributed by atoms with E-state index in [1.54, 1.807) is 4.68 Å². The van der Waals surface area contributed by atoms with Crippen molar-refractivity contribution in [3.05, 3.63) is 60.9 Å². The number of para-hydroxylation sites is 3. The number of thioether (sulfide) groups is 1. The van der Waals surface area contributed by atoms with Crippen molar-refractivity contribution < 1.29 is 9.53 Å². The Hall–Kier alpha value is -3.46. The number of carbonyl (C=O) groups excluding carboxylic acids is 1. The van der Waals surface area contributed by atoms with Crippen LogP contribution in [0.5, 0.6) is 5.75 Å². The number of ether oxygens (including phenoxy) is 1. The van der Waals surface area contributed by atoms with E-state index in [4.69, 9.17) is 4.74 Å². The first-order chi connectivity index (χ1) is 14.3. The molecule has 29 heavy (non-hydrogen) atoms. The lowest BCUT2D eigenvalue weighted by Gasteiger charge is -2.11. The van der Waals surface area contributed by atoms with E-state index in [0.29, 0.717) is 34.2 Å². The molecule has 0 saturated heterocycles. The maximum absolute atomic E-state index is 12.4. The van der Waals surface area contributed by atoms with Gasteiger partial charge in [-0.3, -0.25) is 4.79 Å². The monoisotopic (exact) mass is 406 g/mol. The maximum Gasteiger partial charge on any atom is 0.234 e. The zero-order chi connectivity index (χ0) is 20.1. The van der Waals surface area contributed by atoms with Gasteiger partial charge in [-0.2, -0.15) is 4.68 Å². The Morgan fingerprint density at radius 2 is 1.90 bits per heavy atom. The molecule has 2 aromatic carbocycles. The van der Waals surface area contributed by atoms with Gasteiger partial charge in [-0.15, -0.1) is 5.10 Å². The fraction of sp³-hybridized carbons (Fsp3) is 0.150. The minimum atomic E-state index is -0.163. The number of nitrogens with zero attached hydrogens (tertiary/aromatic N) is 5. The van der Waals surface area contributed by atoms with Gasteiger partial charge in [-0.05, 0) is 31.2 Å². The Morgan fingerprint density at radius 1 is 1.10 bits per heavy atom. The summed E-state index contributed by atoms with van der Waals surface area (Å²) in [6.45, 7) is 2.43. The third-order valence-corrected chi connectivity index (χ3v) is 4.98. The van der Waals surface area contributed by atoms with Gasteiger partial charge in [-0.25, -0.2) is 9.97 Å². The molecule has 146 valence electrons. The lowest BCUT2D eigenvalue weighted by molar-refractivity contribution is -0.113. The highest BCUT2D eigenvalue weighted by molar-refractivity contribution is 8.00. The molecule has 2 aromatic heterocycles. The van der Waals surface area contributed by atoms with E-state index in [-0.39, 0.29) is 11.7 Å². The van der Waals surface area contributed by atoms with E-state index < -0.39 is 0 Å². The summed E-state index contributed by atoms with van der Waals surface area (Å²) in [5.74, 6) is 0.651. The molecule has 0 bridgehead atoms. The Morgan fingerprint density at radius 3 is 2.72 bits per heavy atom. The van der Waals surface area contributed by atoms with Gasteiger partial charge in [0.2, 0.25) is 5.91 Å². The number of hydrogen-bond acceptors (Lipinski definition) is 7. The molecule has 4 rings (SSSR count). The number of anilines is 1. The van der Waals surface area contributed by atoms with Gasteiger partial charge in [0.05, 0.1) is 23.7 Å². The molecule has 2 heterocycles. The highest BCUT2D eigenvalue weighted by Gasteiger charge is 2.15. The van der Waals surface area contributed by atoms with Gasteiger partial charge in [0.1, 0.15) is 17.1 Å². The molecule has 0 unspecified atom stereocenters. The first kappa shape index (κ1) is 18.9. The lowest BCUT2D eigenvalue weighted by Crippen LogP contribution is -2.15. The zero-order valence-electron chi connectivity index (χ0n) is 15.6. The van der Waals surface area contributed by atoms with Crippen LogP contribution >= 0.6 is 11.8 Å². The number of amides is 1. The highest BCUT2D eigenvalue weighted by atomic mass is 32.2. The largest absolute Gasteiger partial charge is 0.492 e. The standard InChI is InChI=1S/C20H18N6O2S/c1-2-28-16-11-7-6-10-15(16)23-17(27)12-29-20-18-19(21-13-22-20)26(25-24-18)14-8-4-3-5-9-14/h3-11,13H,2,12H2,1H3,(H,23,27). The Balaban J connectivity index is 1.49. The van der Waals surface area contributed by atoms with Crippen molar-refractivity contribution in [2.75, 3.05) is 17.7 Å². The van der Waals surface area contributed by atoms with Crippen LogP contribution in [0.25, 0.3) is 16.9 Å². The van der Waals surface area contributed by atoms with Crippen LogP contribution in [0.4, 0.5) is 5.69 Å². The molecular weight excluding hydrogens is 388 g/mol. The average molecular weight is 406 g/mol. The topological polar surface area (TPSA) is 94.8 Å². The van der Waals surface area contributed by atoms with Crippen LogP contribution in [0.3, 0.4) is 0 Å². The molecule has 0 aliphatic heterocycles. The van der Waals surface area contributed by atoms with E-state index in [0.717, 1.165) is 5.69 Å². The molecule has 1 N–H and O–H groups in total. The van der Waals surface area contributed by atoms with Crippen LogP contribution < -0.4 is 10.1 Å². The van der Waals surface area contributed by atoms with Crippen LogP contribution in [0, 0.1) is 0 Å². The minimum absolute atomic E-state index is 0.163. The third kappa shape index (κ3) is 4.19. The highest BCUT2D eigenvalue weighted by Crippen LogP contribution is 2.26. The molecule has 0 aliphatic rings. The predicted octanol–water partition coefficient (Wildman–Crippen LogP) is 3.34. The summed E-state index contributed by atoms with van der Waals surface area (Å²) >= 11 is 1.29. The van der Waals surface area contributed by atoms with Gasteiger partial charge < -0.3 is 10.1 Å². The SMILES string of the molecule is CCOc1ccccc1NC(=O)CSc1ncnc2c1nnn2-c1ccccc1. The van der Waals surface area contributed by atoms with Crippen molar-refractivity contribution >= 4 is 34.5 Å². The number of carbonyl (C=O) groups is 1. The molecule has 0 aliphatic carbocycles. The van der Waals surface area contributed by atoms with Crippen LogP contribution in [0.15, 0.2) is 66.0 Å². The van der Waals surface area contributed by atoms with Crippen LogP contribution in [-0.4, -0.2) is 43.2 Å². The Kier molecular flexibility index (Phi) is 5.66. The smallest absolute Gasteiger partial charge is 0.234 e. The average Bonchev–Trinajstić information content (AvgIpc) is 3.19. The fourth-order valence-corrected chi connectivity index (χ4v) is 3.48. The summed E-state index contributed by atoms with van der Waals surface area (Å²) in [6, 6.07) is 17.0. The first-order valence-corrected chi connectivity index (χ1v) is 10.0. The Labute approximate surface area is 171 Å². The third-order valence-electron chi connectivity index (χ3n) is 4.01. The number of benzene rings is 2. The minimum Gasteiger partial charge on any atom is -0.492 e. The zero-order valence-corrected chi connectivity index (χ0v) is 16.5. The van der Waals surface area contributed by atoms with E-state index in [2.05, 4.69) is 25.6 Å². The second kappa shape index (κ2) is 8.70. The van der Waals surface area contributed by atoms with Gasteiger partial charge in [0, 0.05) is 0 Å². The van der Waals surface area contributed by atoms with E-state index in [9.17, 15) is 4.79 Å². The van der Waals surface area contributed by atoms with Crippen molar-refractivity contribution in [1.29, 1.82) is 0 Å². The van der Waals surface area contributed by atoms with Gasteiger partial charge in [-0.1, -0.05) is 47.3 Å². The van der Waals surface area contributed by atoms with Crippen molar-refractivity contribution in [3.63, 3.8) is 0 Å². The summed E-state index contributed by atoms with van der Waals surface area (Å²) in [5, 5.41) is 11.9. The molecule has 0 saturated carbocycles. The number of hydrogen-bond donors (Lipinski definition) is 1. The molecule has 0 radical (unpaired) electrons. The number of fused-ring (bicyclic) bond motifs is 1. The summed E-state index contributed by atoms with van der Waals surface area (Å²) < 4.78 is 7.19. The normalized spacial score (nSPS) is 10.8. The van der Waals surface area contributed by atoms with E-state index >= 15 is 0 Å². The van der Waals surface area contributed by atoms with E-state index in [1.807, 2.05) is 61.5 Å². The number of nitrogens with one attached hydrogen (secondary N) is 1. The second-order valence-corrected chi connectivity index (χ2v) is 6.92. The number of rotatable bonds is 7. The molecule has 9 heteroatoms. The molecule has 0 fully saturated rings. The quantitative estimate of drug-likeness (QED) is 0.371. The number of aromatic nitrogens is 5. The maximum atomic E-state index is 12.4. The van der Waals surface area contributed by atoms with Crippen molar-refractivity contribution in [1.82, 2.24) is 25.0 Å². The summed E-state index contributed by atoms with van der Waals surface area (Å²) in [4.78, 5) is 21.0. The van der Waals surface area contributed by atoms with Gasteiger partial charge in [0.25, 0.3) is 0 Å². The molecule has 0 atom stereocenters.